The molecule has 10 heteroatoms. The van der Waals surface area contributed by atoms with Crippen LogP contribution in [0.15, 0.2) is 48.8 Å². The first kappa shape index (κ1) is 34.8. The number of carbonyl (C=O) groups is 2. The topological polar surface area (TPSA) is 109 Å². The zero-order chi connectivity index (χ0) is 33.4. The molecule has 2 N–H and O–H groups in total. The van der Waals surface area contributed by atoms with Gasteiger partial charge in [0.1, 0.15) is 24.7 Å². The number of benzene rings is 2. The van der Waals surface area contributed by atoms with Gasteiger partial charge in [-0.25, -0.2) is 9.59 Å². The number of hydrogen-bond donors (Lipinski definition) is 2. The predicted octanol–water partition coefficient (Wildman–Crippen LogP) is 7.70. The summed E-state index contributed by atoms with van der Waals surface area (Å²) in [6.45, 7) is 18.9. The van der Waals surface area contributed by atoms with Crippen molar-refractivity contribution in [3.63, 3.8) is 0 Å². The number of rotatable bonds is 15. The molecule has 0 saturated carbocycles. The summed E-state index contributed by atoms with van der Waals surface area (Å²) >= 11 is 0. The van der Waals surface area contributed by atoms with Gasteiger partial charge < -0.3 is 28.9 Å². The molecule has 0 aliphatic rings. The number of nitrogens with zero attached hydrogens (tertiary/aromatic N) is 2. The van der Waals surface area contributed by atoms with Gasteiger partial charge in [0.25, 0.3) is 0 Å². The highest BCUT2D eigenvalue weighted by atomic mass is 16.7. The molecule has 4 rings (SSSR count). The molecule has 0 aliphatic heterocycles. The molecule has 250 valence electrons. The van der Waals surface area contributed by atoms with Crippen LogP contribution in [-0.4, -0.2) is 82.5 Å². The Labute approximate surface area is 272 Å². The Morgan fingerprint density at radius 2 is 0.978 bits per heavy atom. The molecular formula is C36H50N4O6. The lowest BCUT2D eigenvalue weighted by molar-refractivity contribution is 0.0546. The van der Waals surface area contributed by atoms with E-state index in [0.717, 1.165) is 58.9 Å². The van der Waals surface area contributed by atoms with Crippen molar-refractivity contribution in [2.75, 3.05) is 26.3 Å². The Balaban J connectivity index is 1.29. The van der Waals surface area contributed by atoms with E-state index in [1.165, 1.54) is 0 Å². The van der Waals surface area contributed by atoms with Gasteiger partial charge in [0.2, 0.25) is 0 Å². The molecule has 2 heterocycles. The number of aromatic nitrogens is 2. The van der Waals surface area contributed by atoms with Crippen molar-refractivity contribution >= 4 is 34.1 Å². The number of fused-ring (bicyclic) bond motifs is 2. The molecule has 0 aliphatic carbocycles. The van der Waals surface area contributed by atoms with Crippen LogP contribution < -0.4 is 9.47 Å². The Bertz CT molecular complexity index is 1450. The van der Waals surface area contributed by atoms with Crippen LogP contribution in [0.4, 0.5) is 9.59 Å². The van der Waals surface area contributed by atoms with Gasteiger partial charge in [0, 0.05) is 71.5 Å². The van der Waals surface area contributed by atoms with E-state index in [1.54, 1.807) is 12.1 Å². The summed E-state index contributed by atoms with van der Waals surface area (Å²) in [5.74, 6) is 0.833. The molecule has 0 radical (unpaired) electrons. The van der Waals surface area contributed by atoms with Crippen molar-refractivity contribution in [3.05, 3.63) is 59.9 Å². The second-order valence-corrected chi connectivity index (χ2v) is 12.7. The SMILES string of the molecule is CC(C)N(CCc1c[nH]c2cccc(OC(=O)OCCOC(=O)Oc3cccc4[nH]cc(CCN(C(C)C)C(C)C)c34)c12)C(C)C. The van der Waals surface area contributed by atoms with Crippen molar-refractivity contribution in [3.8, 4) is 11.5 Å². The van der Waals surface area contributed by atoms with Crippen molar-refractivity contribution in [2.45, 2.75) is 92.4 Å². The number of hydrogen-bond acceptors (Lipinski definition) is 8. The van der Waals surface area contributed by atoms with Crippen LogP contribution in [-0.2, 0) is 22.3 Å². The molecule has 0 amide bonds. The Kier molecular flexibility index (Phi) is 12.1. The highest BCUT2D eigenvalue weighted by Crippen LogP contribution is 2.31. The highest BCUT2D eigenvalue weighted by molar-refractivity contribution is 5.91. The van der Waals surface area contributed by atoms with E-state index in [4.69, 9.17) is 18.9 Å². The molecule has 0 unspecified atom stereocenters. The molecule has 0 spiro atoms. The Morgan fingerprint density at radius 1 is 0.609 bits per heavy atom. The van der Waals surface area contributed by atoms with E-state index < -0.39 is 12.3 Å². The minimum absolute atomic E-state index is 0.179. The van der Waals surface area contributed by atoms with E-state index in [2.05, 4.69) is 75.2 Å². The quantitative estimate of drug-likeness (QED) is 0.0778. The molecule has 2 aromatic carbocycles. The zero-order valence-corrected chi connectivity index (χ0v) is 28.5. The van der Waals surface area contributed by atoms with Gasteiger partial charge in [-0.1, -0.05) is 12.1 Å². The number of H-pyrrole nitrogens is 2. The number of aromatic amines is 2. The normalized spacial score (nSPS) is 12.0. The summed E-state index contributed by atoms with van der Waals surface area (Å²) < 4.78 is 21.6. The molecule has 10 nitrogen and oxygen atoms in total. The lowest BCUT2D eigenvalue weighted by atomic mass is 10.1. The van der Waals surface area contributed by atoms with Crippen molar-refractivity contribution in [1.29, 1.82) is 0 Å². The summed E-state index contributed by atoms with van der Waals surface area (Å²) in [4.78, 5) is 36.6. The minimum atomic E-state index is -0.874. The molecule has 0 fully saturated rings. The van der Waals surface area contributed by atoms with Crippen LogP contribution in [0.2, 0.25) is 0 Å². The molecule has 0 bridgehead atoms. The van der Waals surface area contributed by atoms with E-state index >= 15 is 0 Å². The monoisotopic (exact) mass is 634 g/mol. The van der Waals surface area contributed by atoms with Crippen LogP contribution in [0.3, 0.4) is 0 Å². The predicted molar refractivity (Wildman–Crippen MR) is 182 cm³/mol. The number of carbonyl (C=O) groups excluding carboxylic acids is 2. The first-order chi connectivity index (χ1) is 22.0. The van der Waals surface area contributed by atoms with Crippen LogP contribution >= 0.6 is 0 Å². The Morgan fingerprint density at radius 3 is 1.33 bits per heavy atom. The molecule has 0 atom stereocenters. The molecule has 2 aromatic heterocycles. The summed E-state index contributed by atoms with van der Waals surface area (Å²) in [6.07, 6.45) is 3.78. The lowest BCUT2D eigenvalue weighted by Gasteiger charge is -2.30. The maximum absolute atomic E-state index is 12.6. The lowest BCUT2D eigenvalue weighted by Crippen LogP contribution is -2.38. The van der Waals surface area contributed by atoms with E-state index in [-0.39, 0.29) is 13.2 Å². The summed E-state index contributed by atoms with van der Waals surface area (Å²) in [5.41, 5.74) is 3.89. The van der Waals surface area contributed by atoms with E-state index in [0.29, 0.717) is 35.7 Å². The third-order valence-corrected chi connectivity index (χ3v) is 8.34. The van der Waals surface area contributed by atoms with E-state index in [1.807, 2.05) is 36.7 Å². The van der Waals surface area contributed by atoms with Crippen molar-refractivity contribution in [2.24, 2.45) is 0 Å². The van der Waals surface area contributed by atoms with Gasteiger partial charge in [0.05, 0.1) is 0 Å². The largest absolute Gasteiger partial charge is 0.513 e. The van der Waals surface area contributed by atoms with Gasteiger partial charge in [-0.3, -0.25) is 9.80 Å². The van der Waals surface area contributed by atoms with E-state index in [9.17, 15) is 9.59 Å². The molecule has 0 saturated heterocycles. The standard InChI is InChI=1S/C36H50N4O6/c1-23(2)39(24(3)4)17-15-27-21-37-29-11-9-13-31(33(27)29)45-35(41)43-19-20-44-36(42)46-32-14-10-12-30-34(32)28(22-38-30)16-18-40(25(5)6)26(7)8/h9-14,21-26,37-38H,15-20H2,1-8H3. The number of ether oxygens (including phenoxy) is 4. The van der Waals surface area contributed by atoms with Crippen LogP contribution in [0, 0.1) is 0 Å². The minimum Gasteiger partial charge on any atom is -0.430 e. The average Bonchev–Trinajstić information content (AvgIpc) is 3.60. The van der Waals surface area contributed by atoms with Gasteiger partial charge in [-0.2, -0.15) is 0 Å². The van der Waals surface area contributed by atoms with Crippen molar-refractivity contribution in [1.82, 2.24) is 19.8 Å². The average molecular weight is 635 g/mol. The maximum atomic E-state index is 12.6. The second kappa shape index (κ2) is 16.0. The van der Waals surface area contributed by atoms with Gasteiger partial charge in [0.15, 0.2) is 0 Å². The third-order valence-electron chi connectivity index (χ3n) is 8.34. The second-order valence-electron chi connectivity index (χ2n) is 12.7. The first-order valence-corrected chi connectivity index (χ1v) is 16.3. The fourth-order valence-electron chi connectivity index (χ4n) is 6.22. The summed E-state index contributed by atoms with van der Waals surface area (Å²) in [7, 11) is 0. The summed E-state index contributed by atoms with van der Waals surface area (Å²) in [5, 5.41) is 1.71. The number of nitrogens with one attached hydrogen (secondary N) is 2. The van der Waals surface area contributed by atoms with Gasteiger partial charge in [-0.15, -0.1) is 0 Å². The summed E-state index contributed by atoms with van der Waals surface area (Å²) in [6, 6.07) is 12.7. The smallest absolute Gasteiger partial charge is 0.430 e. The maximum Gasteiger partial charge on any atom is 0.513 e. The van der Waals surface area contributed by atoms with Gasteiger partial charge in [-0.05, 0) is 104 Å². The first-order valence-electron chi connectivity index (χ1n) is 16.3. The fraction of sp³-hybridized carbons (Fsp3) is 0.500. The molecule has 4 aromatic rings. The molecular weight excluding hydrogens is 584 g/mol. The molecule has 46 heavy (non-hydrogen) atoms. The Hall–Kier alpha value is -4.02. The van der Waals surface area contributed by atoms with Crippen LogP contribution in [0.5, 0.6) is 11.5 Å². The van der Waals surface area contributed by atoms with Crippen molar-refractivity contribution < 1.29 is 28.5 Å². The van der Waals surface area contributed by atoms with Gasteiger partial charge >= 0.3 is 12.3 Å². The third kappa shape index (κ3) is 8.82. The van der Waals surface area contributed by atoms with Crippen LogP contribution in [0.1, 0.15) is 66.5 Å². The fourth-order valence-corrected chi connectivity index (χ4v) is 6.22. The zero-order valence-electron chi connectivity index (χ0n) is 28.5. The van der Waals surface area contributed by atoms with Crippen LogP contribution in [0.25, 0.3) is 21.8 Å². The highest BCUT2D eigenvalue weighted by Gasteiger charge is 2.19.